The zero-order valence-electron chi connectivity index (χ0n) is 15.6. The van der Waals surface area contributed by atoms with Crippen molar-refractivity contribution in [3.63, 3.8) is 0 Å². The van der Waals surface area contributed by atoms with Crippen molar-refractivity contribution in [3.05, 3.63) is 48.0 Å². The van der Waals surface area contributed by atoms with E-state index in [9.17, 15) is 15.3 Å². The molecule has 0 radical (unpaired) electrons. The normalized spacial score (nSPS) is 25.9. The average molecular weight is 385 g/mol. The van der Waals surface area contributed by atoms with Gasteiger partial charge < -0.3 is 25.4 Å². The van der Waals surface area contributed by atoms with Gasteiger partial charge in [-0.15, -0.1) is 0 Å². The van der Waals surface area contributed by atoms with Gasteiger partial charge in [-0.05, 0) is 19.4 Å². The third-order valence-electron chi connectivity index (χ3n) is 5.08. The molecule has 4 rings (SSSR count). The number of fused-ring (bicyclic) bond motifs is 1. The Hall–Kier alpha value is -2.59. The number of imidazole rings is 1. The maximum Gasteiger partial charge on any atom is 0.167 e. The topological polar surface area (TPSA) is 126 Å². The molecule has 1 saturated heterocycles. The van der Waals surface area contributed by atoms with E-state index in [1.807, 2.05) is 13.8 Å². The van der Waals surface area contributed by atoms with E-state index in [4.69, 9.17) is 4.74 Å². The molecule has 0 amide bonds. The van der Waals surface area contributed by atoms with Crippen LogP contribution in [0.1, 0.15) is 30.3 Å². The van der Waals surface area contributed by atoms with Crippen LogP contribution in [-0.4, -0.2) is 59.8 Å². The zero-order chi connectivity index (χ0) is 19.8. The molecule has 1 fully saturated rings. The zero-order valence-corrected chi connectivity index (χ0v) is 15.6. The molecule has 3 aromatic rings. The van der Waals surface area contributed by atoms with Crippen molar-refractivity contribution in [1.82, 2.24) is 19.5 Å². The van der Waals surface area contributed by atoms with Crippen molar-refractivity contribution in [2.75, 3.05) is 11.9 Å². The number of ether oxygens (including phenoxy) is 1. The highest BCUT2D eigenvalue weighted by Gasteiger charge is 2.44. The Labute approximate surface area is 161 Å². The lowest BCUT2D eigenvalue weighted by Gasteiger charge is -2.17. The fourth-order valence-corrected chi connectivity index (χ4v) is 3.40. The molecule has 3 heterocycles. The quantitative estimate of drug-likeness (QED) is 0.511. The molecule has 1 unspecified atom stereocenters. The lowest BCUT2D eigenvalue weighted by Crippen LogP contribution is -2.33. The number of anilines is 1. The van der Waals surface area contributed by atoms with Crippen LogP contribution in [0.3, 0.4) is 0 Å². The van der Waals surface area contributed by atoms with E-state index in [-0.39, 0.29) is 6.04 Å². The predicted octanol–water partition coefficient (Wildman–Crippen LogP) is 0.919. The molecule has 148 valence electrons. The van der Waals surface area contributed by atoms with Crippen molar-refractivity contribution < 1.29 is 20.1 Å². The number of benzene rings is 1. The highest BCUT2D eigenvalue weighted by atomic mass is 16.6. The summed E-state index contributed by atoms with van der Waals surface area (Å²) in [4.78, 5) is 12.9. The summed E-state index contributed by atoms with van der Waals surface area (Å²) >= 11 is 0. The molecule has 9 nitrogen and oxygen atoms in total. The van der Waals surface area contributed by atoms with E-state index in [1.165, 1.54) is 18.2 Å². The average Bonchev–Trinajstić information content (AvgIpc) is 3.24. The number of rotatable bonds is 5. The van der Waals surface area contributed by atoms with Crippen molar-refractivity contribution in [1.29, 1.82) is 0 Å². The summed E-state index contributed by atoms with van der Waals surface area (Å²) in [6.45, 7) is 3.68. The van der Waals surface area contributed by atoms with E-state index in [1.54, 1.807) is 4.57 Å². The Morgan fingerprint density at radius 2 is 1.89 bits per heavy atom. The highest BCUT2D eigenvalue weighted by molar-refractivity contribution is 5.82. The predicted molar refractivity (Wildman–Crippen MR) is 102 cm³/mol. The van der Waals surface area contributed by atoms with Gasteiger partial charge in [0.15, 0.2) is 23.2 Å². The molecule has 5 atom stereocenters. The van der Waals surface area contributed by atoms with Gasteiger partial charge in [0.25, 0.3) is 0 Å². The Kier molecular flexibility index (Phi) is 4.98. The summed E-state index contributed by atoms with van der Waals surface area (Å²) in [6, 6.07) is 8.23. The molecule has 1 aromatic carbocycles. The molecule has 1 aliphatic heterocycles. The Bertz CT molecular complexity index is 961. The maximum atomic E-state index is 10.3. The van der Waals surface area contributed by atoms with Gasteiger partial charge in [0, 0.05) is 0 Å². The number of nitrogens with one attached hydrogen (secondary N) is 1. The maximum absolute atomic E-state index is 10.3. The van der Waals surface area contributed by atoms with Gasteiger partial charge in [-0.3, -0.25) is 4.57 Å². The molecule has 28 heavy (non-hydrogen) atoms. The van der Waals surface area contributed by atoms with Gasteiger partial charge in [-0.2, -0.15) is 0 Å². The molecule has 0 spiro atoms. The van der Waals surface area contributed by atoms with E-state index in [0.29, 0.717) is 17.0 Å². The van der Waals surface area contributed by atoms with E-state index >= 15 is 0 Å². The van der Waals surface area contributed by atoms with Crippen LogP contribution in [0.5, 0.6) is 0 Å². The molecule has 9 heteroatoms. The summed E-state index contributed by atoms with van der Waals surface area (Å²) in [5, 5.41) is 32.9. The highest BCUT2D eigenvalue weighted by Crippen LogP contribution is 2.32. The standard InChI is InChI=1S/C19H23N5O4/c1-10-3-5-12(6-4-10)11(2)23-17-14-18(21-8-20-17)24(9-22-14)19-16(27)15(26)13(7-25)28-19/h3-6,8-9,11,13,15-16,19,25-27H,7H2,1-2H3,(H,20,21,23)/t11-,13+,15-,16?,19+/m0/s1. The molecule has 0 aliphatic carbocycles. The number of aryl methyl sites for hydroxylation is 1. The third-order valence-corrected chi connectivity index (χ3v) is 5.08. The number of aliphatic hydroxyl groups excluding tert-OH is 3. The Morgan fingerprint density at radius 3 is 2.57 bits per heavy atom. The summed E-state index contributed by atoms with van der Waals surface area (Å²) in [5.74, 6) is 0.559. The fourth-order valence-electron chi connectivity index (χ4n) is 3.40. The van der Waals surface area contributed by atoms with E-state index in [0.717, 1.165) is 5.56 Å². The monoisotopic (exact) mass is 385 g/mol. The van der Waals surface area contributed by atoms with E-state index in [2.05, 4.69) is 44.5 Å². The molecule has 1 aliphatic rings. The van der Waals surface area contributed by atoms with Gasteiger partial charge in [0.05, 0.1) is 19.0 Å². The van der Waals surface area contributed by atoms with Crippen LogP contribution in [0.4, 0.5) is 5.82 Å². The second-order valence-electron chi connectivity index (χ2n) is 7.05. The summed E-state index contributed by atoms with van der Waals surface area (Å²) in [6.07, 6.45) is -1.25. The first-order valence-electron chi connectivity index (χ1n) is 9.12. The molecule has 4 N–H and O–H groups in total. The molecular weight excluding hydrogens is 362 g/mol. The number of hydrogen-bond acceptors (Lipinski definition) is 8. The molecular formula is C19H23N5O4. The van der Waals surface area contributed by atoms with Crippen molar-refractivity contribution >= 4 is 17.0 Å². The van der Waals surface area contributed by atoms with Crippen LogP contribution in [0.15, 0.2) is 36.9 Å². The Balaban J connectivity index is 1.63. The number of hydrogen-bond donors (Lipinski definition) is 4. The third kappa shape index (κ3) is 3.22. The summed E-state index contributed by atoms with van der Waals surface area (Å²) < 4.78 is 7.13. The van der Waals surface area contributed by atoms with Crippen molar-refractivity contribution in [3.8, 4) is 0 Å². The van der Waals surface area contributed by atoms with Crippen LogP contribution in [-0.2, 0) is 4.74 Å². The minimum atomic E-state index is -1.20. The van der Waals surface area contributed by atoms with Crippen molar-refractivity contribution in [2.45, 2.75) is 44.4 Å². The Morgan fingerprint density at radius 1 is 1.14 bits per heavy atom. The minimum Gasteiger partial charge on any atom is -0.394 e. The smallest absolute Gasteiger partial charge is 0.167 e. The van der Waals surface area contributed by atoms with E-state index < -0.39 is 31.1 Å². The molecule has 0 saturated carbocycles. The minimum absolute atomic E-state index is 0.00207. The number of aliphatic hydroxyl groups is 3. The second kappa shape index (κ2) is 7.44. The second-order valence-corrected chi connectivity index (χ2v) is 7.05. The van der Waals surface area contributed by atoms with Gasteiger partial charge >= 0.3 is 0 Å². The largest absolute Gasteiger partial charge is 0.394 e. The van der Waals surface area contributed by atoms with Crippen LogP contribution in [0.2, 0.25) is 0 Å². The first kappa shape index (κ1) is 18.8. The van der Waals surface area contributed by atoms with Gasteiger partial charge in [-0.25, -0.2) is 15.0 Å². The van der Waals surface area contributed by atoms with Crippen LogP contribution in [0.25, 0.3) is 11.2 Å². The summed E-state index contributed by atoms with van der Waals surface area (Å²) in [7, 11) is 0. The van der Waals surface area contributed by atoms with Crippen LogP contribution < -0.4 is 5.32 Å². The van der Waals surface area contributed by atoms with Crippen LogP contribution in [0, 0.1) is 6.92 Å². The van der Waals surface area contributed by atoms with Gasteiger partial charge in [-0.1, -0.05) is 29.8 Å². The molecule has 2 aromatic heterocycles. The SMILES string of the molecule is Cc1ccc([C@H](C)Nc2ncnc3c2ncn3[C@@H]2O[C@H](CO)[C@H](O)C2O)cc1. The molecule has 0 bridgehead atoms. The fraction of sp³-hybridized carbons (Fsp3) is 0.421. The lowest BCUT2D eigenvalue weighted by atomic mass is 10.1. The van der Waals surface area contributed by atoms with Crippen LogP contribution >= 0.6 is 0 Å². The first-order chi connectivity index (χ1) is 13.5. The summed E-state index contributed by atoms with van der Waals surface area (Å²) in [5.41, 5.74) is 3.29. The number of nitrogens with zero attached hydrogens (tertiary/aromatic N) is 4. The lowest BCUT2D eigenvalue weighted by molar-refractivity contribution is -0.0511. The van der Waals surface area contributed by atoms with Gasteiger partial charge in [0.1, 0.15) is 24.6 Å². The number of aromatic nitrogens is 4. The van der Waals surface area contributed by atoms with Gasteiger partial charge in [0.2, 0.25) is 0 Å². The first-order valence-corrected chi connectivity index (χ1v) is 9.12. The van der Waals surface area contributed by atoms with Crippen molar-refractivity contribution in [2.24, 2.45) is 0 Å².